The summed E-state index contributed by atoms with van der Waals surface area (Å²) in [6, 6.07) is 1.92. The molecule has 1 aromatic carbocycles. The number of benzene rings is 1. The number of carbonyl (C=O) groups is 2. The van der Waals surface area contributed by atoms with Crippen LogP contribution in [-0.2, 0) is 12.7 Å². The van der Waals surface area contributed by atoms with Crippen molar-refractivity contribution in [3.8, 4) is 0 Å². The van der Waals surface area contributed by atoms with Gasteiger partial charge < -0.3 is 14.8 Å². The van der Waals surface area contributed by atoms with E-state index in [0.29, 0.717) is 25.6 Å². The van der Waals surface area contributed by atoms with Crippen molar-refractivity contribution in [3.63, 3.8) is 0 Å². The third-order valence-electron chi connectivity index (χ3n) is 6.33. The van der Waals surface area contributed by atoms with E-state index in [-0.39, 0.29) is 22.7 Å². The van der Waals surface area contributed by atoms with Crippen molar-refractivity contribution in [2.24, 2.45) is 0 Å². The van der Waals surface area contributed by atoms with E-state index in [1.807, 2.05) is 13.8 Å². The summed E-state index contributed by atoms with van der Waals surface area (Å²) in [5.74, 6) is -2.39. The van der Waals surface area contributed by atoms with Gasteiger partial charge in [-0.05, 0) is 38.3 Å². The maximum atomic E-state index is 14.2. The SMILES string of the molecule is CC[C@@H](C)n1cc(C(=O)NCc2ccc(C(F)(F)F)cc2F)c(=O)c(C(=O)N2CCCCCC2)c1. The van der Waals surface area contributed by atoms with Crippen LogP contribution in [0, 0.1) is 5.82 Å². The van der Waals surface area contributed by atoms with E-state index in [4.69, 9.17) is 0 Å². The number of nitrogens with zero attached hydrogens (tertiary/aromatic N) is 2. The fourth-order valence-corrected chi connectivity index (χ4v) is 3.96. The predicted octanol–water partition coefficient (Wildman–Crippen LogP) is 4.92. The highest BCUT2D eigenvalue weighted by Gasteiger charge is 2.31. The minimum Gasteiger partial charge on any atom is -0.350 e. The molecule has 1 fully saturated rings. The van der Waals surface area contributed by atoms with Gasteiger partial charge in [-0.3, -0.25) is 14.4 Å². The van der Waals surface area contributed by atoms with Gasteiger partial charge >= 0.3 is 6.18 Å². The van der Waals surface area contributed by atoms with Crippen LogP contribution in [0.3, 0.4) is 0 Å². The van der Waals surface area contributed by atoms with Crippen molar-refractivity contribution in [3.05, 3.63) is 68.9 Å². The van der Waals surface area contributed by atoms with Crippen LogP contribution in [0.15, 0.2) is 35.4 Å². The number of halogens is 4. The fourth-order valence-electron chi connectivity index (χ4n) is 3.96. The van der Waals surface area contributed by atoms with Gasteiger partial charge in [0.05, 0.1) is 5.56 Å². The lowest BCUT2D eigenvalue weighted by atomic mass is 10.1. The molecule has 1 aliphatic rings. The number of carbonyl (C=O) groups excluding carboxylic acids is 2. The molecule has 0 aliphatic carbocycles. The molecule has 1 aromatic heterocycles. The highest BCUT2D eigenvalue weighted by Crippen LogP contribution is 2.30. The molecule has 0 saturated carbocycles. The normalized spacial score (nSPS) is 15.4. The standard InChI is InChI=1S/C25H29F4N3O3/c1-3-16(2)32-14-19(22(33)20(15-32)24(35)31-10-6-4-5-7-11-31)23(34)30-13-17-8-9-18(12-21(17)26)25(27,28)29/h8-9,12,14-16H,3-7,10-11,13H2,1-2H3,(H,30,34)/t16-/m1/s1. The molecule has 35 heavy (non-hydrogen) atoms. The molecule has 2 amide bonds. The topological polar surface area (TPSA) is 71.4 Å². The van der Waals surface area contributed by atoms with Crippen LogP contribution >= 0.6 is 0 Å². The maximum Gasteiger partial charge on any atom is 0.416 e. The zero-order valence-electron chi connectivity index (χ0n) is 19.8. The van der Waals surface area contributed by atoms with Crippen LogP contribution in [0.2, 0.25) is 0 Å². The van der Waals surface area contributed by atoms with E-state index in [0.717, 1.165) is 37.8 Å². The number of alkyl halides is 3. The lowest BCUT2D eigenvalue weighted by Gasteiger charge is -2.22. The summed E-state index contributed by atoms with van der Waals surface area (Å²) in [5, 5.41) is 2.40. The first-order valence-corrected chi connectivity index (χ1v) is 11.7. The minimum absolute atomic E-state index is 0.106. The molecule has 1 atom stereocenters. The molecule has 1 aliphatic heterocycles. The third kappa shape index (κ3) is 6.29. The Bertz CT molecular complexity index is 1140. The van der Waals surface area contributed by atoms with Gasteiger partial charge in [-0.15, -0.1) is 0 Å². The quantitative estimate of drug-likeness (QED) is 0.578. The van der Waals surface area contributed by atoms with Gasteiger partial charge in [0.1, 0.15) is 16.9 Å². The molecule has 0 spiro atoms. The van der Waals surface area contributed by atoms with E-state index >= 15 is 0 Å². The number of pyridine rings is 1. The van der Waals surface area contributed by atoms with Gasteiger partial charge in [0.25, 0.3) is 11.8 Å². The molecular formula is C25H29F4N3O3. The second-order valence-corrected chi connectivity index (χ2v) is 8.81. The zero-order chi connectivity index (χ0) is 25.8. The Morgan fingerprint density at radius 1 is 1.06 bits per heavy atom. The molecule has 0 bridgehead atoms. The first-order chi connectivity index (χ1) is 16.5. The summed E-state index contributed by atoms with van der Waals surface area (Å²) in [6.45, 7) is 4.45. The molecule has 10 heteroatoms. The lowest BCUT2D eigenvalue weighted by molar-refractivity contribution is -0.137. The number of hydrogen-bond donors (Lipinski definition) is 1. The highest BCUT2D eigenvalue weighted by molar-refractivity contribution is 5.99. The van der Waals surface area contributed by atoms with Crippen molar-refractivity contribution in [1.29, 1.82) is 0 Å². The molecule has 1 saturated heterocycles. The Kier molecular flexibility index (Phi) is 8.34. The van der Waals surface area contributed by atoms with E-state index in [9.17, 15) is 31.9 Å². The molecule has 0 radical (unpaired) electrons. The van der Waals surface area contributed by atoms with E-state index < -0.39 is 41.3 Å². The van der Waals surface area contributed by atoms with Crippen molar-refractivity contribution in [1.82, 2.24) is 14.8 Å². The second kappa shape index (κ2) is 11.0. The van der Waals surface area contributed by atoms with Crippen molar-refractivity contribution >= 4 is 11.8 Å². The van der Waals surface area contributed by atoms with Crippen LogP contribution in [0.4, 0.5) is 17.6 Å². The summed E-state index contributed by atoms with van der Waals surface area (Å²) in [5.41, 5.74) is -2.42. The highest BCUT2D eigenvalue weighted by atomic mass is 19.4. The van der Waals surface area contributed by atoms with Crippen LogP contribution in [0.25, 0.3) is 0 Å². The molecule has 3 rings (SSSR count). The molecule has 2 heterocycles. The first kappa shape index (κ1) is 26.4. The number of hydrogen-bond acceptors (Lipinski definition) is 3. The van der Waals surface area contributed by atoms with Crippen molar-refractivity contribution in [2.75, 3.05) is 13.1 Å². The number of amides is 2. The Labute approximate surface area is 200 Å². The van der Waals surface area contributed by atoms with Crippen LogP contribution < -0.4 is 10.7 Å². The summed E-state index contributed by atoms with van der Waals surface area (Å²) >= 11 is 0. The smallest absolute Gasteiger partial charge is 0.350 e. The maximum absolute atomic E-state index is 14.2. The zero-order valence-corrected chi connectivity index (χ0v) is 19.8. The monoisotopic (exact) mass is 495 g/mol. The van der Waals surface area contributed by atoms with Gasteiger partial charge in [0, 0.05) is 43.6 Å². The number of nitrogens with one attached hydrogen (secondary N) is 1. The van der Waals surface area contributed by atoms with Crippen molar-refractivity contribution < 1.29 is 27.2 Å². The fraction of sp³-hybridized carbons (Fsp3) is 0.480. The predicted molar refractivity (Wildman–Crippen MR) is 123 cm³/mol. The summed E-state index contributed by atoms with van der Waals surface area (Å²) in [4.78, 5) is 40.9. The summed E-state index contributed by atoms with van der Waals surface area (Å²) in [7, 11) is 0. The van der Waals surface area contributed by atoms with E-state index in [1.54, 1.807) is 9.47 Å². The average molecular weight is 496 g/mol. The van der Waals surface area contributed by atoms with Crippen molar-refractivity contribution in [2.45, 2.75) is 64.7 Å². The number of aromatic nitrogens is 1. The minimum atomic E-state index is -4.69. The average Bonchev–Trinajstić information content (AvgIpc) is 3.11. The van der Waals surface area contributed by atoms with E-state index in [1.165, 1.54) is 12.4 Å². The molecule has 2 aromatic rings. The summed E-state index contributed by atoms with van der Waals surface area (Å²) < 4.78 is 54.1. The number of likely N-dealkylation sites (tertiary alicyclic amines) is 1. The molecule has 190 valence electrons. The van der Waals surface area contributed by atoms with Gasteiger partial charge in [0.2, 0.25) is 5.43 Å². The Morgan fingerprint density at radius 3 is 2.26 bits per heavy atom. The van der Waals surface area contributed by atoms with Gasteiger partial charge in [0.15, 0.2) is 0 Å². The van der Waals surface area contributed by atoms with Gasteiger partial charge in [-0.1, -0.05) is 25.8 Å². The van der Waals surface area contributed by atoms with E-state index in [2.05, 4.69) is 5.32 Å². The Morgan fingerprint density at radius 2 is 1.69 bits per heavy atom. The number of rotatable bonds is 6. The Balaban J connectivity index is 1.88. The third-order valence-corrected chi connectivity index (χ3v) is 6.33. The largest absolute Gasteiger partial charge is 0.416 e. The Hall–Kier alpha value is -3.17. The molecule has 0 unspecified atom stereocenters. The second-order valence-electron chi connectivity index (χ2n) is 8.81. The molecular weight excluding hydrogens is 466 g/mol. The summed E-state index contributed by atoms with van der Waals surface area (Å²) in [6.07, 6.45) is 2.49. The van der Waals surface area contributed by atoms with Crippen LogP contribution in [0.5, 0.6) is 0 Å². The van der Waals surface area contributed by atoms with Gasteiger partial charge in [-0.25, -0.2) is 4.39 Å². The molecule has 6 nitrogen and oxygen atoms in total. The first-order valence-electron chi connectivity index (χ1n) is 11.7. The van der Waals surface area contributed by atoms with Gasteiger partial charge in [-0.2, -0.15) is 13.2 Å². The van der Waals surface area contributed by atoms with Crippen LogP contribution in [-0.4, -0.2) is 34.4 Å². The lowest BCUT2D eigenvalue weighted by Crippen LogP contribution is -2.38. The van der Waals surface area contributed by atoms with Crippen LogP contribution in [0.1, 0.15) is 83.8 Å². The molecule has 1 N–H and O–H groups in total.